The average Bonchev–Trinajstić information content (AvgIpc) is 2.98. The molecular formula is C15H16N2O2S2. The quantitative estimate of drug-likeness (QED) is 0.822. The van der Waals surface area contributed by atoms with Crippen molar-refractivity contribution in [1.29, 1.82) is 0 Å². The van der Waals surface area contributed by atoms with Gasteiger partial charge in [-0.15, -0.1) is 0 Å². The molecule has 1 aromatic heterocycles. The van der Waals surface area contributed by atoms with Gasteiger partial charge in [0.15, 0.2) is 0 Å². The minimum absolute atomic E-state index is 0.219. The van der Waals surface area contributed by atoms with Crippen molar-refractivity contribution in [2.45, 2.75) is 11.3 Å². The first kappa shape index (κ1) is 15.7. The summed E-state index contributed by atoms with van der Waals surface area (Å²) in [6.07, 6.45) is 0.676. The summed E-state index contributed by atoms with van der Waals surface area (Å²) >= 11 is 1.60. The van der Waals surface area contributed by atoms with Crippen LogP contribution in [0.2, 0.25) is 0 Å². The second-order valence-corrected chi connectivity index (χ2v) is 6.86. The SMILES string of the molecule is NCC#Cc1cccc(S(=O)(=O)NCCc2ccsc2)c1. The molecule has 0 saturated carbocycles. The van der Waals surface area contributed by atoms with Crippen molar-refractivity contribution in [1.82, 2.24) is 4.72 Å². The van der Waals surface area contributed by atoms with E-state index in [1.165, 1.54) is 0 Å². The predicted octanol–water partition coefficient (Wildman–Crippen LogP) is 1.58. The van der Waals surface area contributed by atoms with Gasteiger partial charge in [0.05, 0.1) is 11.4 Å². The third-order valence-corrected chi connectivity index (χ3v) is 4.96. The predicted molar refractivity (Wildman–Crippen MR) is 85.6 cm³/mol. The van der Waals surface area contributed by atoms with Gasteiger partial charge in [0.2, 0.25) is 10.0 Å². The summed E-state index contributed by atoms with van der Waals surface area (Å²) in [4.78, 5) is 0.219. The molecule has 0 amide bonds. The summed E-state index contributed by atoms with van der Waals surface area (Å²) in [5.74, 6) is 5.54. The van der Waals surface area contributed by atoms with Gasteiger partial charge in [-0.25, -0.2) is 13.1 Å². The average molecular weight is 320 g/mol. The summed E-state index contributed by atoms with van der Waals surface area (Å²) in [5.41, 5.74) is 7.08. The van der Waals surface area contributed by atoms with E-state index >= 15 is 0 Å². The van der Waals surface area contributed by atoms with Crippen molar-refractivity contribution >= 4 is 21.4 Å². The van der Waals surface area contributed by atoms with Crippen molar-refractivity contribution in [3.8, 4) is 11.8 Å². The molecule has 0 saturated heterocycles. The Hall–Kier alpha value is -1.65. The Balaban J connectivity index is 2.04. The van der Waals surface area contributed by atoms with Gasteiger partial charge in [-0.3, -0.25) is 0 Å². The lowest BCUT2D eigenvalue weighted by atomic mass is 10.2. The van der Waals surface area contributed by atoms with Crippen LogP contribution in [0.3, 0.4) is 0 Å². The highest BCUT2D eigenvalue weighted by Crippen LogP contribution is 2.11. The third-order valence-electron chi connectivity index (χ3n) is 2.76. The molecule has 0 fully saturated rings. The van der Waals surface area contributed by atoms with Gasteiger partial charge < -0.3 is 5.73 Å². The highest BCUT2D eigenvalue weighted by atomic mass is 32.2. The molecule has 0 spiro atoms. The van der Waals surface area contributed by atoms with Gasteiger partial charge in [0.25, 0.3) is 0 Å². The minimum Gasteiger partial charge on any atom is -0.320 e. The van der Waals surface area contributed by atoms with Crippen molar-refractivity contribution in [2.24, 2.45) is 5.73 Å². The zero-order valence-corrected chi connectivity index (χ0v) is 13.0. The van der Waals surface area contributed by atoms with Crippen LogP contribution in [0.4, 0.5) is 0 Å². The molecule has 110 valence electrons. The lowest BCUT2D eigenvalue weighted by molar-refractivity contribution is 0.581. The Bertz CT molecular complexity index is 741. The van der Waals surface area contributed by atoms with Gasteiger partial charge in [0, 0.05) is 12.1 Å². The minimum atomic E-state index is -3.51. The second kappa shape index (κ2) is 7.38. The molecule has 3 N–H and O–H groups in total. The van der Waals surface area contributed by atoms with E-state index in [2.05, 4.69) is 16.6 Å². The Morgan fingerprint density at radius 1 is 1.29 bits per heavy atom. The normalized spacial score (nSPS) is 10.9. The summed E-state index contributed by atoms with van der Waals surface area (Å²) in [6.45, 7) is 0.619. The van der Waals surface area contributed by atoms with Crippen LogP contribution in [0, 0.1) is 11.8 Å². The molecule has 0 aliphatic heterocycles. The van der Waals surface area contributed by atoms with Crippen LogP contribution < -0.4 is 10.5 Å². The van der Waals surface area contributed by atoms with Crippen LogP contribution >= 0.6 is 11.3 Å². The molecule has 0 aliphatic carbocycles. The lowest BCUT2D eigenvalue weighted by Crippen LogP contribution is -2.25. The van der Waals surface area contributed by atoms with E-state index in [-0.39, 0.29) is 11.4 Å². The highest BCUT2D eigenvalue weighted by Gasteiger charge is 2.13. The Morgan fingerprint density at radius 3 is 2.86 bits per heavy atom. The number of nitrogens with two attached hydrogens (primary N) is 1. The maximum absolute atomic E-state index is 12.2. The van der Waals surface area contributed by atoms with Crippen molar-refractivity contribution < 1.29 is 8.42 Å². The molecule has 0 unspecified atom stereocenters. The fraction of sp³-hybridized carbons (Fsp3) is 0.200. The van der Waals surface area contributed by atoms with E-state index in [1.807, 2.05) is 16.8 Å². The van der Waals surface area contributed by atoms with Gasteiger partial charge in [-0.05, 0) is 47.0 Å². The lowest BCUT2D eigenvalue weighted by Gasteiger charge is -2.06. The number of hydrogen-bond acceptors (Lipinski definition) is 4. The molecule has 4 nitrogen and oxygen atoms in total. The van der Waals surface area contributed by atoms with Gasteiger partial charge >= 0.3 is 0 Å². The van der Waals surface area contributed by atoms with E-state index in [0.717, 1.165) is 5.56 Å². The second-order valence-electron chi connectivity index (χ2n) is 4.31. The van der Waals surface area contributed by atoms with E-state index in [0.29, 0.717) is 18.5 Å². The fourth-order valence-corrected chi connectivity index (χ4v) is 3.52. The Kier molecular flexibility index (Phi) is 5.53. The maximum atomic E-state index is 12.2. The number of thiophene rings is 1. The number of sulfonamides is 1. The van der Waals surface area contributed by atoms with Crippen LogP contribution in [0.5, 0.6) is 0 Å². The summed E-state index contributed by atoms with van der Waals surface area (Å²) in [6, 6.07) is 8.53. The van der Waals surface area contributed by atoms with Crippen LogP contribution in [0.25, 0.3) is 0 Å². The first-order chi connectivity index (χ1) is 10.1. The number of rotatable bonds is 5. The van der Waals surface area contributed by atoms with Crippen LogP contribution in [0.1, 0.15) is 11.1 Å². The number of hydrogen-bond donors (Lipinski definition) is 2. The van der Waals surface area contributed by atoms with Crippen LogP contribution in [-0.2, 0) is 16.4 Å². The molecule has 0 aliphatic rings. The molecular weight excluding hydrogens is 304 g/mol. The van der Waals surface area contributed by atoms with Crippen molar-refractivity contribution in [3.63, 3.8) is 0 Å². The smallest absolute Gasteiger partial charge is 0.240 e. The molecule has 0 radical (unpaired) electrons. The summed E-state index contributed by atoms with van der Waals surface area (Å²) in [5, 5.41) is 3.99. The molecule has 0 bridgehead atoms. The first-order valence-corrected chi connectivity index (χ1v) is 8.84. The maximum Gasteiger partial charge on any atom is 0.240 e. The molecule has 6 heteroatoms. The van der Waals surface area contributed by atoms with Gasteiger partial charge in [-0.2, -0.15) is 11.3 Å². The standard InChI is InChI=1S/C15H16N2O2S2/c16-8-2-4-13-3-1-5-15(11-13)21(18,19)17-9-6-14-7-10-20-12-14/h1,3,5,7,10-12,17H,6,8-9,16H2. The van der Waals surface area contributed by atoms with E-state index in [1.54, 1.807) is 35.6 Å². The van der Waals surface area contributed by atoms with Gasteiger partial charge in [0.1, 0.15) is 0 Å². The third kappa shape index (κ3) is 4.69. The topological polar surface area (TPSA) is 72.2 Å². The number of benzene rings is 1. The number of nitrogens with one attached hydrogen (secondary N) is 1. The molecule has 21 heavy (non-hydrogen) atoms. The molecule has 0 atom stereocenters. The molecule has 1 heterocycles. The van der Waals surface area contributed by atoms with Crippen LogP contribution in [-0.4, -0.2) is 21.5 Å². The van der Waals surface area contributed by atoms with E-state index in [9.17, 15) is 8.42 Å². The summed E-state index contributed by atoms with van der Waals surface area (Å²) < 4.78 is 27.0. The zero-order chi connectivity index (χ0) is 15.1. The molecule has 1 aromatic carbocycles. The Morgan fingerprint density at radius 2 is 2.14 bits per heavy atom. The largest absolute Gasteiger partial charge is 0.320 e. The molecule has 2 rings (SSSR count). The summed E-state index contributed by atoms with van der Waals surface area (Å²) in [7, 11) is -3.51. The fourth-order valence-electron chi connectivity index (χ4n) is 1.74. The highest BCUT2D eigenvalue weighted by molar-refractivity contribution is 7.89. The van der Waals surface area contributed by atoms with Crippen LogP contribution in [0.15, 0.2) is 46.0 Å². The first-order valence-electron chi connectivity index (χ1n) is 6.41. The van der Waals surface area contributed by atoms with Crippen molar-refractivity contribution in [3.05, 3.63) is 52.2 Å². The Labute approximate surface area is 129 Å². The van der Waals surface area contributed by atoms with E-state index < -0.39 is 10.0 Å². The monoisotopic (exact) mass is 320 g/mol. The zero-order valence-electron chi connectivity index (χ0n) is 11.4. The van der Waals surface area contributed by atoms with E-state index in [4.69, 9.17) is 5.73 Å². The molecule has 2 aromatic rings. The van der Waals surface area contributed by atoms with Crippen molar-refractivity contribution in [2.75, 3.05) is 13.1 Å². The van der Waals surface area contributed by atoms with Gasteiger partial charge in [-0.1, -0.05) is 17.9 Å².